The first-order valence-corrected chi connectivity index (χ1v) is 20.5. The predicted octanol–water partition coefficient (Wildman–Crippen LogP) is 16.0. The Hall–Kier alpha value is -7.42. The molecule has 0 saturated carbocycles. The molecule has 0 atom stereocenters. The number of nitrogens with zero attached hydrogens (tertiary/aromatic N) is 1. The molecule has 2 nitrogen and oxygen atoms in total. The number of anilines is 3. The van der Waals surface area contributed by atoms with Gasteiger partial charge in [0.15, 0.2) is 5.75 Å². The molecule has 2 heteroatoms. The molecule has 59 heavy (non-hydrogen) atoms. The molecule has 1 aliphatic carbocycles. The van der Waals surface area contributed by atoms with Crippen molar-refractivity contribution < 1.29 is 4.74 Å². The molecule has 278 valence electrons. The second-order valence-electron chi connectivity index (χ2n) is 16.5. The van der Waals surface area contributed by atoms with Crippen LogP contribution in [0, 0.1) is 0 Å². The van der Waals surface area contributed by atoms with Crippen molar-refractivity contribution in [2.75, 3.05) is 4.90 Å². The van der Waals surface area contributed by atoms with Crippen LogP contribution in [-0.4, -0.2) is 0 Å². The third-order valence-electron chi connectivity index (χ3n) is 12.8. The molecule has 0 N–H and O–H groups in total. The van der Waals surface area contributed by atoms with Crippen molar-refractivity contribution in [1.82, 2.24) is 0 Å². The Morgan fingerprint density at radius 2 is 1.03 bits per heavy atom. The molecule has 1 aliphatic heterocycles. The van der Waals surface area contributed by atoms with Gasteiger partial charge in [0.1, 0.15) is 5.75 Å². The number of hydrogen-bond acceptors (Lipinski definition) is 2. The highest BCUT2D eigenvalue weighted by atomic mass is 16.5. The zero-order valence-electron chi connectivity index (χ0n) is 32.9. The van der Waals surface area contributed by atoms with E-state index in [9.17, 15) is 0 Å². The molecular formula is C57H39NO. The maximum absolute atomic E-state index is 7.44. The van der Waals surface area contributed by atoms with Crippen molar-refractivity contribution in [2.24, 2.45) is 0 Å². The second kappa shape index (κ2) is 12.8. The van der Waals surface area contributed by atoms with Crippen molar-refractivity contribution in [2.45, 2.75) is 19.3 Å². The molecule has 0 spiro atoms. The summed E-state index contributed by atoms with van der Waals surface area (Å²) in [4.78, 5) is 2.46. The SMILES string of the molecule is CC1(C)c2ccccc2-c2ccc(N(c3cccc4c3Oc3cc5ccccc5cc3-c3cc(-c5ccccc5)ccc3-4)c3cc4ccccc4c4ccccc34)cc21. The van der Waals surface area contributed by atoms with Crippen LogP contribution in [0.4, 0.5) is 17.1 Å². The van der Waals surface area contributed by atoms with Gasteiger partial charge in [-0.1, -0.05) is 172 Å². The minimum atomic E-state index is -0.168. The zero-order valence-corrected chi connectivity index (χ0v) is 32.9. The van der Waals surface area contributed by atoms with E-state index in [2.05, 4.69) is 219 Å². The van der Waals surface area contributed by atoms with Gasteiger partial charge in [0.05, 0.1) is 11.4 Å². The lowest BCUT2D eigenvalue weighted by Gasteiger charge is -2.31. The fraction of sp³-hybridized carbons (Fsp3) is 0.0526. The van der Waals surface area contributed by atoms with E-state index in [1.54, 1.807) is 0 Å². The first-order valence-electron chi connectivity index (χ1n) is 20.5. The van der Waals surface area contributed by atoms with Gasteiger partial charge in [0.2, 0.25) is 0 Å². The Balaban J connectivity index is 1.16. The fourth-order valence-corrected chi connectivity index (χ4v) is 9.92. The Morgan fingerprint density at radius 1 is 0.373 bits per heavy atom. The van der Waals surface area contributed by atoms with E-state index in [0.717, 1.165) is 56.2 Å². The normalized spacial score (nSPS) is 13.2. The van der Waals surface area contributed by atoms with Gasteiger partial charge in [-0.3, -0.25) is 0 Å². The molecule has 0 unspecified atom stereocenters. The van der Waals surface area contributed by atoms with Crippen molar-refractivity contribution in [3.05, 3.63) is 211 Å². The molecule has 1 heterocycles. The molecule has 10 aromatic rings. The van der Waals surface area contributed by atoms with Crippen LogP contribution < -0.4 is 9.64 Å². The summed E-state index contributed by atoms with van der Waals surface area (Å²) in [6, 6.07) is 73.2. The maximum atomic E-state index is 7.44. The van der Waals surface area contributed by atoms with Gasteiger partial charge in [-0.2, -0.15) is 0 Å². The Kier molecular flexibility index (Phi) is 7.31. The summed E-state index contributed by atoms with van der Waals surface area (Å²) in [6.07, 6.45) is 0. The standard InChI is InChI=1S/C57H39NO/c1-57(2)51-25-13-12-22-45(51)46-30-28-41(35-52(46)57)58(54-33-40-19-8-9-20-42(40)43-21-10-11-23-47(43)54)53-26-14-24-48-44-29-27-39(36-15-4-3-5-16-36)31-49(44)50-32-37-17-6-7-18-38(37)34-55(50)59-56(48)53/h3-35H,1-2H3. The first-order chi connectivity index (χ1) is 29.0. The fourth-order valence-electron chi connectivity index (χ4n) is 9.92. The van der Waals surface area contributed by atoms with E-state index in [1.165, 1.54) is 60.3 Å². The lowest BCUT2D eigenvalue weighted by molar-refractivity contribution is 0.489. The average Bonchev–Trinajstić information content (AvgIpc) is 3.42. The van der Waals surface area contributed by atoms with Crippen LogP contribution in [0.25, 0.3) is 76.8 Å². The molecule has 0 amide bonds. The van der Waals surface area contributed by atoms with E-state index in [-0.39, 0.29) is 5.41 Å². The average molecular weight is 754 g/mol. The molecule has 2 aliphatic rings. The summed E-state index contributed by atoms with van der Waals surface area (Å²) in [5.74, 6) is 1.67. The van der Waals surface area contributed by atoms with Crippen LogP contribution in [-0.2, 0) is 5.41 Å². The topological polar surface area (TPSA) is 12.5 Å². The van der Waals surface area contributed by atoms with Crippen LogP contribution in [0.2, 0.25) is 0 Å². The highest BCUT2D eigenvalue weighted by molar-refractivity contribution is 6.15. The zero-order chi connectivity index (χ0) is 39.2. The smallest absolute Gasteiger partial charge is 0.159 e. The third kappa shape index (κ3) is 5.13. The molecule has 10 aromatic carbocycles. The van der Waals surface area contributed by atoms with Gasteiger partial charge in [-0.15, -0.1) is 0 Å². The van der Waals surface area contributed by atoms with E-state index in [4.69, 9.17) is 4.74 Å². The van der Waals surface area contributed by atoms with Crippen molar-refractivity contribution in [3.63, 3.8) is 0 Å². The van der Waals surface area contributed by atoms with Gasteiger partial charge in [-0.25, -0.2) is 0 Å². The van der Waals surface area contributed by atoms with Crippen molar-refractivity contribution in [3.8, 4) is 56.0 Å². The van der Waals surface area contributed by atoms with Crippen molar-refractivity contribution >= 4 is 49.4 Å². The summed E-state index contributed by atoms with van der Waals surface area (Å²) in [7, 11) is 0. The van der Waals surface area contributed by atoms with Crippen LogP contribution in [0.3, 0.4) is 0 Å². The van der Waals surface area contributed by atoms with Gasteiger partial charge >= 0.3 is 0 Å². The molecule has 0 fully saturated rings. The molecular weight excluding hydrogens is 715 g/mol. The van der Waals surface area contributed by atoms with Gasteiger partial charge in [0, 0.05) is 27.6 Å². The second-order valence-corrected chi connectivity index (χ2v) is 16.5. The van der Waals surface area contributed by atoms with E-state index >= 15 is 0 Å². The molecule has 0 bridgehead atoms. The summed E-state index contributed by atoms with van der Waals surface area (Å²) >= 11 is 0. The van der Waals surface area contributed by atoms with E-state index in [1.807, 2.05) is 0 Å². The van der Waals surface area contributed by atoms with E-state index in [0.29, 0.717) is 0 Å². The number of rotatable bonds is 4. The van der Waals surface area contributed by atoms with Crippen LogP contribution in [0.15, 0.2) is 200 Å². The number of hydrogen-bond donors (Lipinski definition) is 0. The first kappa shape index (κ1) is 33.7. The Morgan fingerprint density at radius 3 is 1.88 bits per heavy atom. The summed E-state index contributed by atoms with van der Waals surface area (Å²) in [6.45, 7) is 4.72. The van der Waals surface area contributed by atoms with Gasteiger partial charge < -0.3 is 9.64 Å². The minimum absolute atomic E-state index is 0.168. The molecule has 0 saturated heterocycles. The lowest BCUT2D eigenvalue weighted by Crippen LogP contribution is -2.17. The van der Waals surface area contributed by atoms with Crippen LogP contribution in [0.5, 0.6) is 11.5 Å². The van der Waals surface area contributed by atoms with E-state index < -0.39 is 0 Å². The molecule has 12 rings (SSSR count). The lowest BCUT2D eigenvalue weighted by atomic mass is 9.82. The molecule has 0 radical (unpaired) electrons. The number of benzene rings is 10. The Labute approximate surface area is 344 Å². The number of para-hydroxylation sites is 1. The summed E-state index contributed by atoms with van der Waals surface area (Å²) in [5, 5.41) is 7.16. The summed E-state index contributed by atoms with van der Waals surface area (Å²) in [5.41, 5.74) is 15.1. The Bertz CT molecular complexity index is 3340. The predicted molar refractivity (Wildman–Crippen MR) is 248 cm³/mol. The number of ether oxygens (including phenoxy) is 1. The largest absolute Gasteiger partial charge is 0.454 e. The van der Waals surface area contributed by atoms with Gasteiger partial charge in [-0.05, 0) is 114 Å². The van der Waals surface area contributed by atoms with Crippen LogP contribution in [0.1, 0.15) is 25.0 Å². The number of fused-ring (bicyclic) bond motifs is 12. The molecule has 0 aromatic heterocycles. The highest BCUT2D eigenvalue weighted by Crippen LogP contribution is 2.56. The van der Waals surface area contributed by atoms with Crippen molar-refractivity contribution in [1.29, 1.82) is 0 Å². The highest BCUT2D eigenvalue weighted by Gasteiger charge is 2.36. The van der Waals surface area contributed by atoms with Crippen LogP contribution >= 0.6 is 0 Å². The van der Waals surface area contributed by atoms with Gasteiger partial charge in [0.25, 0.3) is 0 Å². The monoisotopic (exact) mass is 753 g/mol. The third-order valence-corrected chi connectivity index (χ3v) is 12.8. The quantitative estimate of drug-likeness (QED) is 0.166. The maximum Gasteiger partial charge on any atom is 0.159 e. The summed E-state index contributed by atoms with van der Waals surface area (Å²) < 4.78 is 7.44. The minimum Gasteiger partial charge on any atom is -0.454 e.